The zero-order valence-corrected chi connectivity index (χ0v) is 12.6. The number of fused-ring (bicyclic) bond motifs is 1. The monoisotopic (exact) mass is 301 g/mol. The summed E-state index contributed by atoms with van der Waals surface area (Å²) in [6.07, 6.45) is 1.26. The number of carbonyl (C=O) groups is 1. The Morgan fingerprint density at radius 2 is 2.00 bits per heavy atom. The first-order chi connectivity index (χ1) is 10.1. The van der Waals surface area contributed by atoms with E-state index in [9.17, 15) is 4.79 Å². The van der Waals surface area contributed by atoms with Crippen LogP contribution in [0.3, 0.4) is 0 Å². The molecule has 0 saturated heterocycles. The summed E-state index contributed by atoms with van der Waals surface area (Å²) in [6.45, 7) is 2.86. The van der Waals surface area contributed by atoms with Crippen LogP contribution < -0.4 is 0 Å². The minimum Gasteiger partial charge on any atom is -0.332 e. The van der Waals surface area contributed by atoms with Gasteiger partial charge >= 0.3 is 0 Å². The predicted molar refractivity (Wildman–Crippen MR) is 80.8 cm³/mol. The number of aryl methyl sites for hydroxylation is 2. The van der Waals surface area contributed by atoms with Crippen molar-refractivity contribution in [3.8, 4) is 0 Å². The van der Waals surface area contributed by atoms with Crippen LogP contribution in [0.5, 0.6) is 0 Å². The number of aromatic nitrogens is 2. The van der Waals surface area contributed by atoms with Crippen LogP contribution in [0.25, 0.3) is 0 Å². The predicted octanol–water partition coefficient (Wildman–Crippen LogP) is 2.91. The number of hydrogen-bond donors (Lipinski definition) is 0. The normalized spacial score (nSPS) is 13.3. The number of halogens is 1. The molecule has 4 nitrogen and oxygen atoms in total. The molecule has 0 aliphatic carbocycles. The van der Waals surface area contributed by atoms with Gasteiger partial charge in [0.05, 0.1) is 18.8 Å². The average Bonchev–Trinajstić information content (AvgIpc) is 2.90. The van der Waals surface area contributed by atoms with Gasteiger partial charge in [0.25, 0.3) is 0 Å². The van der Waals surface area contributed by atoms with Crippen molar-refractivity contribution in [2.24, 2.45) is 0 Å². The summed E-state index contributed by atoms with van der Waals surface area (Å²) in [6, 6.07) is 10.0. The molecule has 2 heterocycles. The maximum Gasteiger partial charge on any atom is 0.223 e. The summed E-state index contributed by atoms with van der Waals surface area (Å²) in [5.74, 6) is 0.780. The maximum atomic E-state index is 12.3. The molecule has 0 bridgehead atoms. The molecule has 0 fully saturated rings. The smallest absolute Gasteiger partial charge is 0.223 e. The van der Waals surface area contributed by atoms with Crippen LogP contribution in [0.4, 0.5) is 0 Å². The molecule has 3 rings (SSSR count). The highest BCUT2D eigenvalue weighted by Crippen LogP contribution is 2.27. The van der Waals surface area contributed by atoms with Crippen LogP contribution in [0, 0.1) is 6.92 Å². The van der Waals surface area contributed by atoms with Gasteiger partial charge in [0.1, 0.15) is 11.0 Å². The fourth-order valence-electron chi connectivity index (χ4n) is 2.56. The zero-order chi connectivity index (χ0) is 14.8. The SMILES string of the molecule is Cc1nc(Cl)c2c(n1)CN(C(=O)CCc1ccccc1)C2. The molecule has 0 spiro atoms. The summed E-state index contributed by atoms with van der Waals surface area (Å²) in [4.78, 5) is 22.6. The zero-order valence-electron chi connectivity index (χ0n) is 11.8. The summed E-state index contributed by atoms with van der Waals surface area (Å²) in [7, 11) is 0. The lowest BCUT2D eigenvalue weighted by molar-refractivity contribution is -0.131. The second-order valence-electron chi connectivity index (χ2n) is 5.22. The van der Waals surface area contributed by atoms with E-state index in [-0.39, 0.29) is 5.91 Å². The van der Waals surface area contributed by atoms with Crippen molar-refractivity contribution in [3.05, 3.63) is 58.1 Å². The standard InChI is InChI=1S/C16H16ClN3O/c1-11-18-14-10-20(9-13(14)16(17)19-11)15(21)8-7-12-5-3-2-4-6-12/h2-6H,7-10H2,1H3. The molecule has 1 amide bonds. The molecule has 21 heavy (non-hydrogen) atoms. The van der Waals surface area contributed by atoms with E-state index in [2.05, 4.69) is 9.97 Å². The second-order valence-corrected chi connectivity index (χ2v) is 5.58. The topological polar surface area (TPSA) is 46.1 Å². The number of carbonyl (C=O) groups excluding carboxylic acids is 1. The quantitative estimate of drug-likeness (QED) is 0.819. The molecule has 0 radical (unpaired) electrons. The lowest BCUT2D eigenvalue weighted by atomic mass is 10.1. The van der Waals surface area contributed by atoms with E-state index in [0.717, 1.165) is 17.7 Å². The highest BCUT2D eigenvalue weighted by Gasteiger charge is 2.27. The molecule has 1 aromatic carbocycles. The fourth-order valence-corrected chi connectivity index (χ4v) is 2.85. The third kappa shape index (κ3) is 3.05. The maximum absolute atomic E-state index is 12.3. The Hall–Kier alpha value is -1.94. The molecule has 0 atom stereocenters. The number of benzene rings is 1. The Labute approximate surface area is 128 Å². The number of rotatable bonds is 3. The van der Waals surface area contributed by atoms with Gasteiger partial charge in [-0.3, -0.25) is 4.79 Å². The summed E-state index contributed by atoms with van der Waals surface area (Å²) >= 11 is 6.13. The second kappa shape index (κ2) is 5.82. The first-order valence-electron chi connectivity index (χ1n) is 6.97. The minimum absolute atomic E-state index is 0.130. The lowest BCUT2D eigenvalue weighted by Gasteiger charge is -2.14. The van der Waals surface area contributed by atoms with Crippen molar-refractivity contribution < 1.29 is 4.79 Å². The van der Waals surface area contributed by atoms with Gasteiger partial charge in [0.2, 0.25) is 5.91 Å². The Kier molecular flexibility index (Phi) is 3.88. The molecular formula is C16H16ClN3O. The van der Waals surface area contributed by atoms with Crippen molar-refractivity contribution in [2.75, 3.05) is 0 Å². The van der Waals surface area contributed by atoms with Crippen molar-refractivity contribution in [1.29, 1.82) is 0 Å². The molecule has 2 aromatic rings. The van der Waals surface area contributed by atoms with Crippen LogP contribution in [0.15, 0.2) is 30.3 Å². The van der Waals surface area contributed by atoms with Gasteiger partial charge in [-0.15, -0.1) is 0 Å². The molecular weight excluding hydrogens is 286 g/mol. The van der Waals surface area contributed by atoms with Crippen molar-refractivity contribution >= 4 is 17.5 Å². The van der Waals surface area contributed by atoms with Crippen LogP contribution >= 0.6 is 11.6 Å². The van der Waals surface area contributed by atoms with E-state index in [0.29, 0.717) is 30.5 Å². The fraction of sp³-hybridized carbons (Fsp3) is 0.312. The van der Waals surface area contributed by atoms with Gasteiger partial charge in [-0.25, -0.2) is 9.97 Å². The molecule has 1 aromatic heterocycles. The van der Waals surface area contributed by atoms with Gasteiger partial charge < -0.3 is 4.90 Å². The molecule has 1 aliphatic rings. The van der Waals surface area contributed by atoms with E-state index in [1.165, 1.54) is 5.56 Å². The number of hydrogen-bond acceptors (Lipinski definition) is 3. The Morgan fingerprint density at radius 1 is 1.24 bits per heavy atom. The number of amides is 1. The van der Waals surface area contributed by atoms with E-state index in [4.69, 9.17) is 11.6 Å². The molecule has 0 N–H and O–H groups in total. The third-order valence-corrected chi connectivity index (χ3v) is 3.98. The van der Waals surface area contributed by atoms with Crippen LogP contribution in [0.2, 0.25) is 5.15 Å². The first kappa shape index (κ1) is 14.0. The van der Waals surface area contributed by atoms with Gasteiger partial charge in [0.15, 0.2) is 0 Å². The summed E-state index contributed by atoms with van der Waals surface area (Å²) in [5.41, 5.74) is 2.94. The Bertz CT molecular complexity index is 673. The largest absolute Gasteiger partial charge is 0.332 e. The van der Waals surface area contributed by atoms with Crippen molar-refractivity contribution in [2.45, 2.75) is 32.9 Å². The molecule has 0 unspecified atom stereocenters. The van der Waals surface area contributed by atoms with Crippen molar-refractivity contribution in [3.63, 3.8) is 0 Å². The highest BCUT2D eigenvalue weighted by atomic mass is 35.5. The van der Waals surface area contributed by atoms with E-state index >= 15 is 0 Å². The van der Waals surface area contributed by atoms with Gasteiger partial charge in [-0.05, 0) is 18.9 Å². The molecule has 1 aliphatic heterocycles. The van der Waals surface area contributed by atoms with Crippen molar-refractivity contribution in [1.82, 2.24) is 14.9 Å². The van der Waals surface area contributed by atoms with Crippen LogP contribution in [-0.2, 0) is 24.3 Å². The van der Waals surface area contributed by atoms with Gasteiger partial charge in [-0.2, -0.15) is 0 Å². The number of nitrogens with zero attached hydrogens (tertiary/aromatic N) is 3. The lowest BCUT2D eigenvalue weighted by Crippen LogP contribution is -2.25. The Morgan fingerprint density at radius 3 is 2.76 bits per heavy atom. The van der Waals surface area contributed by atoms with E-state index in [1.807, 2.05) is 37.3 Å². The highest BCUT2D eigenvalue weighted by molar-refractivity contribution is 6.30. The van der Waals surface area contributed by atoms with E-state index < -0.39 is 0 Å². The van der Waals surface area contributed by atoms with Gasteiger partial charge in [-0.1, -0.05) is 41.9 Å². The summed E-state index contributed by atoms with van der Waals surface area (Å²) < 4.78 is 0. The van der Waals surface area contributed by atoms with Crippen LogP contribution in [0.1, 0.15) is 29.1 Å². The molecule has 108 valence electrons. The van der Waals surface area contributed by atoms with Gasteiger partial charge in [0, 0.05) is 12.0 Å². The molecule has 5 heteroatoms. The Balaban J connectivity index is 1.64. The van der Waals surface area contributed by atoms with E-state index in [1.54, 1.807) is 4.90 Å². The molecule has 0 saturated carbocycles. The first-order valence-corrected chi connectivity index (χ1v) is 7.35. The third-order valence-electron chi connectivity index (χ3n) is 3.67. The van der Waals surface area contributed by atoms with Crippen LogP contribution in [-0.4, -0.2) is 20.8 Å². The minimum atomic E-state index is 0.130. The average molecular weight is 302 g/mol. The summed E-state index contributed by atoms with van der Waals surface area (Å²) in [5, 5.41) is 0.468.